The molecule has 0 bridgehead atoms. The molecule has 2 amide bonds. The smallest absolute Gasteiger partial charge is 0.321 e. The molecule has 0 aliphatic carbocycles. The quantitative estimate of drug-likeness (QED) is 0.515. The van der Waals surface area contributed by atoms with Crippen LogP contribution in [0.2, 0.25) is 0 Å². The standard InChI is InChI=1S/C10H14N2OS.C5H3NOS.C5H11N/c13-10(11-9-4-7-14-8-9)12-5-2-1-3-6-12;7-4-6-5-1-2-8-3-5;1-2-4-6-5-3-1/h4,7-8H,1-3,5-6H2,(H,11,13);1-3H;6H,1-5H2. The summed E-state index contributed by atoms with van der Waals surface area (Å²) >= 11 is 3.10. The molecule has 2 saturated heterocycles. The lowest BCUT2D eigenvalue weighted by Crippen LogP contribution is -2.38. The van der Waals surface area contributed by atoms with E-state index in [0.717, 1.165) is 31.6 Å². The highest BCUT2D eigenvalue weighted by atomic mass is 32.1. The molecule has 2 fully saturated rings. The van der Waals surface area contributed by atoms with Gasteiger partial charge in [-0.15, -0.1) is 0 Å². The van der Waals surface area contributed by atoms with Gasteiger partial charge in [0.2, 0.25) is 6.08 Å². The summed E-state index contributed by atoms with van der Waals surface area (Å²) in [5, 5.41) is 13.7. The third-order valence-corrected chi connectivity index (χ3v) is 5.66. The summed E-state index contributed by atoms with van der Waals surface area (Å²) < 4.78 is 0. The monoisotopic (exact) mass is 420 g/mol. The Labute approximate surface area is 174 Å². The molecular weight excluding hydrogens is 392 g/mol. The van der Waals surface area contributed by atoms with Crippen LogP contribution in [-0.4, -0.2) is 43.2 Å². The number of nitrogens with zero attached hydrogens (tertiary/aromatic N) is 2. The van der Waals surface area contributed by atoms with Crippen LogP contribution in [0, 0.1) is 0 Å². The van der Waals surface area contributed by atoms with Crippen LogP contribution in [0.15, 0.2) is 38.6 Å². The van der Waals surface area contributed by atoms with E-state index in [1.807, 2.05) is 27.1 Å². The number of anilines is 1. The third-order valence-electron chi connectivity index (χ3n) is 4.30. The largest absolute Gasteiger partial charge is 0.325 e. The van der Waals surface area contributed by atoms with E-state index in [9.17, 15) is 9.59 Å². The minimum absolute atomic E-state index is 0.0445. The molecule has 2 aromatic heterocycles. The summed E-state index contributed by atoms with van der Waals surface area (Å²) in [7, 11) is 0. The number of nitrogens with one attached hydrogen (secondary N) is 2. The number of aliphatic imine (C=N–C) groups is 1. The van der Waals surface area contributed by atoms with E-state index in [1.54, 1.807) is 22.8 Å². The van der Waals surface area contributed by atoms with Crippen LogP contribution in [0.3, 0.4) is 0 Å². The lowest BCUT2D eigenvalue weighted by atomic mass is 10.1. The van der Waals surface area contributed by atoms with Crippen molar-refractivity contribution in [2.24, 2.45) is 4.99 Å². The fourth-order valence-electron chi connectivity index (χ4n) is 2.81. The predicted octanol–water partition coefficient (Wildman–Crippen LogP) is 5.24. The molecule has 2 aromatic rings. The minimum Gasteiger partial charge on any atom is -0.325 e. The lowest BCUT2D eigenvalue weighted by molar-refractivity contribution is 0.200. The fourth-order valence-corrected chi connectivity index (χ4v) is 3.97. The molecule has 6 nitrogen and oxygen atoms in total. The molecule has 0 radical (unpaired) electrons. The van der Waals surface area contributed by atoms with E-state index in [4.69, 9.17) is 0 Å². The maximum absolute atomic E-state index is 11.7. The Morgan fingerprint density at radius 3 is 2.18 bits per heavy atom. The highest BCUT2D eigenvalue weighted by Gasteiger charge is 2.16. The van der Waals surface area contributed by atoms with Crippen molar-refractivity contribution in [3.63, 3.8) is 0 Å². The highest BCUT2D eigenvalue weighted by Crippen LogP contribution is 2.15. The van der Waals surface area contributed by atoms with Crippen LogP contribution >= 0.6 is 22.7 Å². The van der Waals surface area contributed by atoms with Gasteiger partial charge in [-0.25, -0.2) is 9.59 Å². The summed E-state index contributed by atoms with van der Waals surface area (Å²) in [6, 6.07) is 3.73. The summed E-state index contributed by atoms with van der Waals surface area (Å²) in [5.41, 5.74) is 1.59. The Kier molecular flexibility index (Phi) is 11.2. The second-order valence-corrected chi connectivity index (χ2v) is 8.05. The average Bonchev–Trinajstić information content (AvgIpc) is 3.46. The number of likely N-dealkylation sites (tertiary alicyclic amines) is 1. The SMILES string of the molecule is C1CCNCC1.O=C(Nc1ccsc1)N1CCCCC1.O=C=Nc1ccsc1. The number of urea groups is 1. The molecule has 2 aliphatic heterocycles. The highest BCUT2D eigenvalue weighted by molar-refractivity contribution is 7.08. The third kappa shape index (κ3) is 9.28. The number of hydrogen-bond donors (Lipinski definition) is 2. The van der Waals surface area contributed by atoms with Crippen LogP contribution in [0.25, 0.3) is 0 Å². The van der Waals surface area contributed by atoms with E-state index in [0.29, 0.717) is 5.69 Å². The zero-order valence-electron chi connectivity index (χ0n) is 16.1. The van der Waals surface area contributed by atoms with Gasteiger partial charge in [-0.1, -0.05) is 6.42 Å². The number of isocyanates is 1. The van der Waals surface area contributed by atoms with Crippen molar-refractivity contribution < 1.29 is 9.59 Å². The first-order valence-electron chi connectivity index (χ1n) is 9.68. The first kappa shape index (κ1) is 22.3. The van der Waals surface area contributed by atoms with E-state index in [2.05, 4.69) is 15.6 Å². The van der Waals surface area contributed by atoms with Gasteiger partial charge >= 0.3 is 6.03 Å². The topological polar surface area (TPSA) is 73.8 Å². The number of carbonyl (C=O) groups excluding carboxylic acids is 2. The first-order valence-corrected chi connectivity index (χ1v) is 11.6. The van der Waals surface area contributed by atoms with Crippen LogP contribution in [0.4, 0.5) is 16.2 Å². The number of amides is 2. The van der Waals surface area contributed by atoms with Crippen LogP contribution < -0.4 is 10.6 Å². The second-order valence-electron chi connectivity index (χ2n) is 6.49. The first-order chi connectivity index (χ1) is 13.8. The molecule has 28 heavy (non-hydrogen) atoms. The van der Waals surface area contributed by atoms with Gasteiger partial charge in [0.15, 0.2) is 0 Å². The molecular formula is C20H28N4O2S2. The predicted molar refractivity (Wildman–Crippen MR) is 118 cm³/mol. The molecule has 2 N–H and O–H groups in total. The van der Waals surface area contributed by atoms with E-state index >= 15 is 0 Å². The van der Waals surface area contributed by atoms with Gasteiger partial charge in [0.1, 0.15) is 0 Å². The van der Waals surface area contributed by atoms with Gasteiger partial charge < -0.3 is 15.5 Å². The van der Waals surface area contributed by atoms with Gasteiger partial charge in [0.05, 0.1) is 11.4 Å². The molecule has 0 aromatic carbocycles. The van der Waals surface area contributed by atoms with Gasteiger partial charge in [-0.3, -0.25) is 0 Å². The van der Waals surface area contributed by atoms with Crippen molar-refractivity contribution in [3.05, 3.63) is 33.7 Å². The van der Waals surface area contributed by atoms with Crippen LogP contribution in [0.5, 0.6) is 0 Å². The van der Waals surface area contributed by atoms with Crippen molar-refractivity contribution in [3.8, 4) is 0 Å². The molecule has 0 unspecified atom stereocenters. The summed E-state index contributed by atoms with van der Waals surface area (Å²) in [6.07, 6.45) is 9.19. The molecule has 0 atom stereocenters. The van der Waals surface area contributed by atoms with E-state index in [-0.39, 0.29) is 6.03 Å². The number of thiophene rings is 2. The van der Waals surface area contributed by atoms with Crippen molar-refractivity contribution in [1.82, 2.24) is 10.2 Å². The summed E-state index contributed by atoms with van der Waals surface area (Å²) in [5.74, 6) is 0. The maximum atomic E-state index is 11.7. The number of carbonyl (C=O) groups is 1. The fraction of sp³-hybridized carbons (Fsp3) is 0.500. The van der Waals surface area contributed by atoms with Gasteiger partial charge in [-0.2, -0.15) is 27.7 Å². The van der Waals surface area contributed by atoms with Gasteiger partial charge in [0.25, 0.3) is 0 Å². The molecule has 0 spiro atoms. The zero-order valence-corrected chi connectivity index (χ0v) is 17.7. The van der Waals surface area contributed by atoms with E-state index < -0.39 is 0 Å². The number of hydrogen-bond acceptors (Lipinski definition) is 6. The molecule has 152 valence electrons. The van der Waals surface area contributed by atoms with Crippen molar-refractivity contribution >= 4 is 46.2 Å². The number of piperidine rings is 2. The van der Waals surface area contributed by atoms with Crippen molar-refractivity contribution in [2.45, 2.75) is 38.5 Å². The number of rotatable bonds is 2. The Morgan fingerprint density at radius 1 is 1.00 bits per heavy atom. The average molecular weight is 421 g/mol. The Bertz CT molecular complexity index is 676. The Hall–Kier alpha value is -1.99. The van der Waals surface area contributed by atoms with Crippen LogP contribution in [-0.2, 0) is 4.79 Å². The lowest BCUT2D eigenvalue weighted by Gasteiger charge is -2.26. The Balaban J connectivity index is 0.000000169. The summed E-state index contributed by atoms with van der Waals surface area (Å²) in [6.45, 7) is 4.30. The maximum Gasteiger partial charge on any atom is 0.321 e. The van der Waals surface area contributed by atoms with Crippen molar-refractivity contribution in [1.29, 1.82) is 0 Å². The zero-order chi connectivity index (χ0) is 19.9. The molecule has 2 aliphatic rings. The van der Waals surface area contributed by atoms with E-state index in [1.165, 1.54) is 56.2 Å². The molecule has 4 heterocycles. The van der Waals surface area contributed by atoms with Crippen molar-refractivity contribution in [2.75, 3.05) is 31.5 Å². The van der Waals surface area contributed by atoms with Gasteiger partial charge in [-0.05, 0) is 68.1 Å². The van der Waals surface area contributed by atoms with Crippen LogP contribution in [0.1, 0.15) is 38.5 Å². The Morgan fingerprint density at radius 2 is 1.68 bits per heavy atom. The second kappa shape index (κ2) is 14.1. The summed E-state index contributed by atoms with van der Waals surface area (Å²) in [4.78, 5) is 26.5. The normalized spacial score (nSPS) is 15.8. The minimum atomic E-state index is 0.0445. The molecule has 4 rings (SSSR count). The molecule has 8 heteroatoms. The molecule has 0 saturated carbocycles. The van der Waals surface area contributed by atoms with Gasteiger partial charge in [0, 0.05) is 23.8 Å².